The molecule has 1 saturated carbocycles. The lowest BCUT2D eigenvalue weighted by Gasteiger charge is -2.22. The fraction of sp³-hybridized carbons (Fsp3) is 0.538. The first-order valence-electron chi connectivity index (χ1n) is 6.41. The Morgan fingerprint density at radius 1 is 1.32 bits per heavy atom. The van der Waals surface area contributed by atoms with Gasteiger partial charge < -0.3 is 9.88 Å². The zero-order valence-corrected chi connectivity index (χ0v) is 13.7. The molecule has 0 aliphatic heterocycles. The molecule has 1 aliphatic carbocycles. The van der Waals surface area contributed by atoms with Gasteiger partial charge in [0.25, 0.3) is 5.56 Å². The highest BCUT2D eigenvalue weighted by Gasteiger charge is 2.16. The molecule has 4 nitrogen and oxygen atoms in total. The van der Waals surface area contributed by atoms with Crippen LogP contribution in [0.4, 0.5) is 0 Å². The van der Waals surface area contributed by atoms with Crippen LogP contribution >= 0.6 is 31.9 Å². The van der Waals surface area contributed by atoms with Crippen LogP contribution in [-0.4, -0.2) is 16.5 Å². The minimum atomic E-state index is -0.193. The van der Waals surface area contributed by atoms with Gasteiger partial charge in [-0.2, -0.15) is 0 Å². The van der Waals surface area contributed by atoms with Crippen molar-refractivity contribution in [3.63, 3.8) is 0 Å². The summed E-state index contributed by atoms with van der Waals surface area (Å²) >= 11 is 6.50. The molecule has 0 bridgehead atoms. The Hall–Kier alpha value is -0.620. The standard InChI is InChI=1S/C13H16Br2N2O2/c14-9-6-11(15)13(19)17(7-9)8-12(18)16-10-4-2-1-3-5-10/h6-7,10H,1-5,8H2,(H,16,18). The average molecular weight is 392 g/mol. The molecule has 1 heterocycles. The zero-order valence-electron chi connectivity index (χ0n) is 10.5. The highest BCUT2D eigenvalue weighted by atomic mass is 79.9. The summed E-state index contributed by atoms with van der Waals surface area (Å²) in [7, 11) is 0. The van der Waals surface area contributed by atoms with E-state index in [1.54, 1.807) is 12.3 Å². The SMILES string of the molecule is O=C(Cn1cc(Br)cc(Br)c1=O)NC1CCCCC1. The summed E-state index contributed by atoms with van der Waals surface area (Å²) in [5, 5.41) is 3.00. The van der Waals surface area contributed by atoms with E-state index < -0.39 is 0 Å². The van der Waals surface area contributed by atoms with E-state index in [-0.39, 0.29) is 24.1 Å². The minimum absolute atomic E-state index is 0.0629. The van der Waals surface area contributed by atoms with Crippen molar-refractivity contribution >= 4 is 37.8 Å². The molecule has 0 unspecified atom stereocenters. The monoisotopic (exact) mass is 390 g/mol. The molecule has 1 aliphatic rings. The van der Waals surface area contributed by atoms with Gasteiger partial charge in [-0.1, -0.05) is 19.3 Å². The maximum Gasteiger partial charge on any atom is 0.265 e. The van der Waals surface area contributed by atoms with Crippen molar-refractivity contribution in [2.75, 3.05) is 0 Å². The molecule has 6 heteroatoms. The summed E-state index contributed by atoms with van der Waals surface area (Å²) in [5.74, 6) is -0.0981. The normalized spacial score (nSPS) is 16.3. The van der Waals surface area contributed by atoms with E-state index in [0.717, 1.165) is 17.3 Å². The molecular formula is C13H16Br2N2O2. The van der Waals surface area contributed by atoms with Gasteiger partial charge in [0.1, 0.15) is 6.54 Å². The van der Waals surface area contributed by atoms with Crippen LogP contribution in [0, 0.1) is 0 Å². The van der Waals surface area contributed by atoms with Crippen LogP contribution in [0.15, 0.2) is 26.0 Å². The number of pyridine rings is 1. The number of nitrogens with zero attached hydrogens (tertiary/aromatic N) is 1. The quantitative estimate of drug-likeness (QED) is 0.861. The maximum atomic E-state index is 12.0. The lowest BCUT2D eigenvalue weighted by Crippen LogP contribution is -2.39. The van der Waals surface area contributed by atoms with Crippen LogP contribution in [0.3, 0.4) is 0 Å². The van der Waals surface area contributed by atoms with Crippen LogP contribution in [0.5, 0.6) is 0 Å². The van der Waals surface area contributed by atoms with E-state index in [2.05, 4.69) is 37.2 Å². The fourth-order valence-electron chi connectivity index (χ4n) is 2.36. The highest BCUT2D eigenvalue weighted by molar-refractivity contribution is 9.11. The molecule has 0 atom stereocenters. The zero-order chi connectivity index (χ0) is 13.8. The van der Waals surface area contributed by atoms with E-state index in [1.165, 1.54) is 23.8 Å². The Kier molecular flexibility index (Phi) is 5.21. The molecule has 1 aromatic rings. The van der Waals surface area contributed by atoms with Crippen LogP contribution < -0.4 is 10.9 Å². The van der Waals surface area contributed by atoms with E-state index in [1.807, 2.05) is 0 Å². The lowest BCUT2D eigenvalue weighted by atomic mass is 9.95. The van der Waals surface area contributed by atoms with Crippen molar-refractivity contribution in [3.8, 4) is 0 Å². The molecular weight excluding hydrogens is 376 g/mol. The Balaban J connectivity index is 2.00. The summed E-state index contributed by atoms with van der Waals surface area (Å²) in [6, 6.07) is 1.95. The number of hydrogen-bond acceptors (Lipinski definition) is 2. The topological polar surface area (TPSA) is 51.1 Å². The van der Waals surface area contributed by atoms with Gasteiger partial charge in [0.05, 0.1) is 4.47 Å². The summed E-state index contributed by atoms with van der Waals surface area (Å²) in [6.45, 7) is 0.0629. The Morgan fingerprint density at radius 3 is 2.68 bits per heavy atom. The molecule has 0 aromatic carbocycles. The van der Waals surface area contributed by atoms with Gasteiger partial charge >= 0.3 is 0 Å². The number of halogens is 2. The van der Waals surface area contributed by atoms with E-state index >= 15 is 0 Å². The molecule has 2 rings (SSSR count). The van der Waals surface area contributed by atoms with Crippen molar-refractivity contribution in [1.82, 2.24) is 9.88 Å². The number of amides is 1. The largest absolute Gasteiger partial charge is 0.352 e. The number of carbonyl (C=O) groups excluding carboxylic acids is 1. The third kappa shape index (κ3) is 4.18. The van der Waals surface area contributed by atoms with Gasteiger partial charge in [-0.15, -0.1) is 0 Å². The second-order valence-electron chi connectivity index (χ2n) is 4.84. The van der Waals surface area contributed by atoms with Crippen molar-refractivity contribution < 1.29 is 4.79 Å². The fourth-order valence-corrected chi connectivity index (χ4v) is 3.61. The maximum absolute atomic E-state index is 12.0. The molecule has 1 fully saturated rings. The van der Waals surface area contributed by atoms with Gasteiger partial charge in [-0.05, 0) is 50.8 Å². The number of carbonyl (C=O) groups is 1. The number of nitrogens with one attached hydrogen (secondary N) is 1. The first kappa shape index (κ1) is 14.8. The van der Waals surface area contributed by atoms with Gasteiger partial charge in [0.15, 0.2) is 0 Å². The summed E-state index contributed by atoms with van der Waals surface area (Å²) in [4.78, 5) is 23.8. The minimum Gasteiger partial charge on any atom is -0.352 e. The predicted octanol–water partition coefficient (Wildman–Crippen LogP) is 2.82. The molecule has 0 spiro atoms. The molecule has 0 radical (unpaired) electrons. The van der Waals surface area contributed by atoms with Gasteiger partial charge in [0, 0.05) is 16.7 Å². The molecule has 104 valence electrons. The van der Waals surface area contributed by atoms with Gasteiger partial charge in [0.2, 0.25) is 5.91 Å². The Bertz CT molecular complexity index is 522. The van der Waals surface area contributed by atoms with Crippen molar-refractivity contribution in [1.29, 1.82) is 0 Å². The number of hydrogen-bond donors (Lipinski definition) is 1. The van der Waals surface area contributed by atoms with E-state index in [0.29, 0.717) is 4.47 Å². The Labute approximate surface area is 128 Å². The highest BCUT2D eigenvalue weighted by Crippen LogP contribution is 2.17. The first-order valence-corrected chi connectivity index (χ1v) is 7.99. The van der Waals surface area contributed by atoms with Crippen LogP contribution in [0.1, 0.15) is 32.1 Å². The first-order chi connectivity index (χ1) is 9.06. The smallest absolute Gasteiger partial charge is 0.265 e. The van der Waals surface area contributed by atoms with Crippen LogP contribution in [0.25, 0.3) is 0 Å². The van der Waals surface area contributed by atoms with E-state index in [9.17, 15) is 9.59 Å². The van der Waals surface area contributed by atoms with Crippen molar-refractivity contribution in [3.05, 3.63) is 31.6 Å². The summed E-state index contributed by atoms with van der Waals surface area (Å²) in [5.41, 5.74) is -0.193. The lowest BCUT2D eigenvalue weighted by molar-refractivity contribution is -0.122. The third-order valence-electron chi connectivity index (χ3n) is 3.29. The second kappa shape index (κ2) is 6.70. The predicted molar refractivity (Wildman–Crippen MR) is 81.1 cm³/mol. The second-order valence-corrected chi connectivity index (χ2v) is 6.61. The third-order valence-corrected chi connectivity index (χ3v) is 4.29. The van der Waals surface area contributed by atoms with Crippen LogP contribution in [0.2, 0.25) is 0 Å². The average Bonchev–Trinajstić information content (AvgIpc) is 2.36. The van der Waals surface area contributed by atoms with Crippen molar-refractivity contribution in [2.24, 2.45) is 0 Å². The molecule has 1 aromatic heterocycles. The van der Waals surface area contributed by atoms with Gasteiger partial charge in [-0.25, -0.2) is 0 Å². The number of rotatable bonds is 3. The van der Waals surface area contributed by atoms with Gasteiger partial charge in [-0.3, -0.25) is 9.59 Å². The molecule has 1 N–H and O–H groups in total. The summed E-state index contributed by atoms with van der Waals surface area (Å²) in [6.07, 6.45) is 7.32. The summed E-state index contributed by atoms with van der Waals surface area (Å²) < 4.78 is 2.63. The molecule has 1 amide bonds. The van der Waals surface area contributed by atoms with Crippen LogP contribution in [-0.2, 0) is 11.3 Å². The van der Waals surface area contributed by atoms with E-state index in [4.69, 9.17) is 0 Å². The number of aromatic nitrogens is 1. The molecule has 19 heavy (non-hydrogen) atoms. The van der Waals surface area contributed by atoms with Crippen molar-refractivity contribution in [2.45, 2.75) is 44.7 Å². The molecule has 0 saturated heterocycles. The Morgan fingerprint density at radius 2 is 2.00 bits per heavy atom.